The monoisotopic (exact) mass is 326 g/mol. The zero-order valence-corrected chi connectivity index (χ0v) is 13.6. The molecule has 2 rings (SSSR count). The number of amides is 1. The molecule has 1 aromatic rings. The Kier molecular flexibility index (Phi) is 5.05. The Morgan fingerprint density at radius 2 is 1.82 bits per heavy atom. The number of para-hydroxylation sites is 1. The van der Waals surface area contributed by atoms with Crippen LogP contribution in [0.15, 0.2) is 29.2 Å². The molecule has 0 spiro atoms. The van der Waals surface area contributed by atoms with Crippen molar-refractivity contribution in [3.63, 3.8) is 0 Å². The number of nitrogens with two attached hydrogens (primary N) is 1. The highest BCUT2D eigenvalue weighted by Crippen LogP contribution is 2.26. The van der Waals surface area contributed by atoms with Crippen LogP contribution in [0.1, 0.15) is 6.92 Å². The predicted molar refractivity (Wildman–Crippen MR) is 85.1 cm³/mol. The fourth-order valence-electron chi connectivity index (χ4n) is 2.59. The van der Waals surface area contributed by atoms with Crippen molar-refractivity contribution in [1.82, 2.24) is 9.62 Å². The number of piperazine rings is 1. The minimum Gasteiger partial charge on any atom is -0.368 e. The van der Waals surface area contributed by atoms with E-state index in [4.69, 9.17) is 5.73 Å². The van der Waals surface area contributed by atoms with Crippen molar-refractivity contribution in [2.75, 3.05) is 38.1 Å². The number of carbonyl (C=O) groups excluding carboxylic acids is 1. The second kappa shape index (κ2) is 6.64. The van der Waals surface area contributed by atoms with E-state index in [-0.39, 0.29) is 16.8 Å². The molecular formula is C14H22N4O3S. The number of carbonyl (C=O) groups is 1. The minimum atomic E-state index is -3.50. The molecule has 1 fully saturated rings. The Labute approximate surface area is 131 Å². The lowest BCUT2D eigenvalue weighted by molar-refractivity contribution is -0.122. The molecule has 0 bridgehead atoms. The molecular weight excluding hydrogens is 304 g/mol. The van der Waals surface area contributed by atoms with Gasteiger partial charge in [0.05, 0.1) is 11.7 Å². The Hall–Kier alpha value is -1.64. The van der Waals surface area contributed by atoms with Crippen molar-refractivity contribution in [3.8, 4) is 0 Å². The number of primary amides is 1. The van der Waals surface area contributed by atoms with Gasteiger partial charge in [0.25, 0.3) is 0 Å². The van der Waals surface area contributed by atoms with Crippen LogP contribution in [-0.4, -0.2) is 58.5 Å². The maximum absolute atomic E-state index is 12.1. The van der Waals surface area contributed by atoms with Crippen LogP contribution in [0.2, 0.25) is 0 Å². The van der Waals surface area contributed by atoms with E-state index in [9.17, 15) is 13.2 Å². The van der Waals surface area contributed by atoms with Crippen LogP contribution in [0, 0.1) is 0 Å². The predicted octanol–water partition coefficient (Wildman–Crippen LogP) is -0.409. The van der Waals surface area contributed by atoms with Crippen LogP contribution in [0.3, 0.4) is 0 Å². The first kappa shape index (κ1) is 16.7. The highest BCUT2D eigenvalue weighted by Gasteiger charge is 2.27. The van der Waals surface area contributed by atoms with Gasteiger partial charge in [-0.2, -0.15) is 0 Å². The molecule has 122 valence electrons. The van der Waals surface area contributed by atoms with Crippen molar-refractivity contribution >= 4 is 21.6 Å². The van der Waals surface area contributed by atoms with Gasteiger partial charge >= 0.3 is 0 Å². The number of anilines is 1. The largest absolute Gasteiger partial charge is 0.368 e. The second-order valence-electron chi connectivity index (χ2n) is 5.28. The number of rotatable bonds is 5. The number of benzene rings is 1. The summed E-state index contributed by atoms with van der Waals surface area (Å²) in [5.41, 5.74) is 6.01. The molecule has 7 nitrogen and oxygen atoms in total. The quantitative estimate of drug-likeness (QED) is 0.767. The van der Waals surface area contributed by atoms with Gasteiger partial charge in [0.15, 0.2) is 0 Å². The lowest BCUT2D eigenvalue weighted by Crippen LogP contribution is -2.53. The summed E-state index contributed by atoms with van der Waals surface area (Å²) in [4.78, 5) is 15.6. The molecule has 1 saturated heterocycles. The molecule has 0 aromatic heterocycles. The maximum Gasteiger partial charge on any atom is 0.242 e. The Bertz CT molecular complexity index is 639. The smallest absolute Gasteiger partial charge is 0.242 e. The van der Waals surface area contributed by atoms with E-state index >= 15 is 0 Å². The highest BCUT2D eigenvalue weighted by atomic mass is 32.2. The van der Waals surface area contributed by atoms with Gasteiger partial charge in [-0.15, -0.1) is 0 Å². The summed E-state index contributed by atoms with van der Waals surface area (Å²) in [5.74, 6) is -0.341. The summed E-state index contributed by atoms with van der Waals surface area (Å²) in [6.07, 6.45) is 0. The first-order valence-electron chi connectivity index (χ1n) is 7.17. The van der Waals surface area contributed by atoms with E-state index in [0.717, 1.165) is 0 Å². The number of hydrogen-bond acceptors (Lipinski definition) is 5. The van der Waals surface area contributed by atoms with Crippen LogP contribution >= 0.6 is 0 Å². The van der Waals surface area contributed by atoms with Crippen molar-refractivity contribution in [2.45, 2.75) is 17.9 Å². The molecule has 0 radical (unpaired) electrons. The average molecular weight is 326 g/mol. The van der Waals surface area contributed by atoms with Gasteiger partial charge in [0.1, 0.15) is 4.90 Å². The topological polar surface area (TPSA) is 95.7 Å². The third kappa shape index (κ3) is 3.40. The first-order chi connectivity index (χ1) is 10.4. The van der Waals surface area contributed by atoms with Crippen LogP contribution in [0.25, 0.3) is 0 Å². The standard InChI is InChI=1S/C14H22N4O3S/c1-11(14(15)19)17-7-9-18(10-8-17)12-5-3-4-6-13(12)22(20,21)16-2/h3-6,11,16H,7-10H2,1-2H3,(H2,15,19). The lowest BCUT2D eigenvalue weighted by Gasteiger charge is -2.38. The van der Waals surface area contributed by atoms with Crippen molar-refractivity contribution < 1.29 is 13.2 Å². The molecule has 22 heavy (non-hydrogen) atoms. The summed E-state index contributed by atoms with van der Waals surface area (Å²) in [6, 6.07) is 6.62. The Morgan fingerprint density at radius 3 is 2.36 bits per heavy atom. The number of hydrogen-bond donors (Lipinski definition) is 2. The van der Waals surface area contributed by atoms with Crippen molar-refractivity contribution in [3.05, 3.63) is 24.3 Å². The summed E-state index contributed by atoms with van der Waals surface area (Å²) < 4.78 is 26.6. The lowest BCUT2D eigenvalue weighted by atomic mass is 10.2. The fourth-order valence-corrected chi connectivity index (χ4v) is 3.54. The van der Waals surface area contributed by atoms with Gasteiger partial charge in [-0.3, -0.25) is 9.69 Å². The Balaban J connectivity index is 2.18. The Morgan fingerprint density at radius 1 is 1.23 bits per heavy atom. The first-order valence-corrected chi connectivity index (χ1v) is 8.66. The van der Waals surface area contributed by atoms with Gasteiger partial charge < -0.3 is 10.6 Å². The van der Waals surface area contributed by atoms with E-state index < -0.39 is 10.0 Å². The fraction of sp³-hybridized carbons (Fsp3) is 0.500. The van der Waals surface area contributed by atoms with Gasteiger partial charge in [-0.1, -0.05) is 12.1 Å². The summed E-state index contributed by atoms with van der Waals surface area (Å²) in [7, 11) is -2.10. The van der Waals surface area contributed by atoms with Gasteiger partial charge in [-0.05, 0) is 26.1 Å². The van der Waals surface area contributed by atoms with Crippen LogP contribution < -0.4 is 15.4 Å². The summed E-state index contributed by atoms with van der Waals surface area (Å²) >= 11 is 0. The molecule has 1 atom stereocenters. The SMILES string of the molecule is CNS(=O)(=O)c1ccccc1N1CCN(C(C)C(N)=O)CC1. The van der Waals surface area contributed by atoms with E-state index in [1.807, 2.05) is 15.9 Å². The highest BCUT2D eigenvalue weighted by molar-refractivity contribution is 7.89. The van der Waals surface area contributed by atoms with E-state index in [1.54, 1.807) is 25.1 Å². The van der Waals surface area contributed by atoms with E-state index in [2.05, 4.69) is 4.72 Å². The van der Waals surface area contributed by atoms with Crippen LogP contribution in [0.4, 0.5) is 5.69 Å². The van der Waals surface area contributed by atoms with Crippen LogP contribution in [0.5, 0.6) is 0 Å². The van der Waals surface area contributed by atoms with Crippen molar-refractivity contribution in [1.29, 1.82) is 0 Å². The molecule has 1 aliphatic rings. The molecule has 1 amide bonds. The second-order valence-corrected chi connectivity index (χ2v) is 7.13. The summed E-state index contributed by atoms with van der Waals surface area (Å²) in [5, 5.41) is 0. The normalized spacial score (nSPS) is 18.2. The zero-order valence-electron chi connectivity index (χ0n) is 12.8. The molecule has 1 heterocycles. The maximum atomic E-state index is 12.1. The van der Waals surface area contributed by atoms with Gasteiger partial charge in [0, 0.05) is 26.2 Å². The summed E-state index contributed by atoms with van der Waals surface area (Å²) in [6.45, 7) is 4.41. The molecule has 3 N–H and O–H groups in total. The minimum absolute atomic E-state index is 0.272. The molecule has 0 saturated carbocycles. The zero-order chi connectivity index (χ0) is 16.3. The van der Waals surface area contributed by atoms with Crippen molar-refractivity contribution in [2.24, 2.45) is 5.73 Å². The van der Waals surface area contributed by atoms with Gasteiger partial charge in [0.2, 0.25) is 15.9 Å². The number of nitrogens with zero attached hydrogens (tertiary/aromatic N) is 2. The molecule has 1 aliphatic heterocycles. The average Bonchev–Trinajstić information content (AvgIpc) is 2.54. The van der Waals surface area contributed by atoms with Crippen LogP contribution in [-0.2, 0) is 14.8 Å². The molecule has 0 aliphatic carbocycles. The van der Waals surface area contributed by atoms with E-state index in [0.29, 0.717) is 31.9 Å². The molecule has 8 heteroatoms. The third-order valence-corrected chi connectivity index (χ3v) is 5.50. The third-order valence-electron chi connectivity index (χ3n) is 4.04. The number of sulfonamides is 1. The van der Waals surface area contributed by atoms with Gasteiger partial charge in [-0.25, -0.2) is 13.1 Å². The molecule has 1 aromatic carbocycles. The van der Waals surface area contributed by atoms with E-state index in [1.165, 1.54) is 7.05 Å². The molecule has 1 unspecified atom stereocenters. The number of nitrogens with one attached hydrogen (secondary N) is 1.